The summed E-state index contributed by atoms with van der Waals surface area (Å²) in [6.07, 6.45) is -2.62. The van der Waals surface area contributed by atoms with E-state index in [-0.39, 0.29) is 0 Å². The van der Waals surface area contributed by atoms with Crippen molar-refractivity contribution in [3.8, 4) is 5.69 Å². The van der Waals surface area contributed by atoms with Gasteiger partial charge in [-0.2, -0.15) is 18.3 Å². The molecule has 0 bridgehead atoms. The van der Waals surface area contributed by atoms with Crippen molar-refractivity contribution in [3.63, 3.8) is 0 Å². The molecule has 3 N–H and O–H groups in total. The van der Waals surface area contributed by atoms with E-state index < -0.39 is 11.7 Å². The Bertz CT molecular complexity index is 1010. The summed E-state index contributed by atoms with van der Waals surface area (Å²) in [6, 6.07) is 7.18. The number of piperidine rings is 1. The molecule has 1 aliphatic rings. The molecular weight excluding hydrogens is 381 g/mol. The zero-order valence-corrected chi connectivity index (χ0v) is 16.3. The second-order valence-corrected chi connectivity index (χ2v) is 7.50. The number of benzene rings is 1. The Labute approximate surface area is 166 Å². The zero-order valence-electron chi connectivity index (χ0n) is 16.3. The number of alkyl halides is 3. The molecule has 0 amide bonds. The quantitative estimate of drug-likeness (QED) is 0.686. The number of halogens is 3. The predicted molar refractivity (Wildman–Crippen MR) is 105 cm³/mol. The number of aryl methyl sites for hydroxylation is 2. The van der Waals surface area contributed by atoms with Crippen molar-refractivity contribution in [2.24, 2.45) is 0 Å². The van der Waals surface area contributed by atoms with Crippen molar-refractivity contribution >= 4 is 11.8 Å². The van der Waals surface area contributed by atoms with Gasteiger partial charge in [0, 0.05) is 30.8 Å². The van der Waals surface area contributed by atoms with Gasteiger partial charge in [0.05, 0.1) is 22.6 Å². The van der Waals surface area contributed by atoms with Gasteiger partial charge in [-0.3, -0.25) is 0 Å². The highest BCUT2D eigenvalue weighted by atomic mass is 19.4. The van der Waals surface area contributed by atoms with Crippen LogP contribution < -0.4 is 10.6 Å². The van der Waals surface area contributed by atoms with E-state index in [9.17, 15) is 13.2 Å². The molecule has 0 atom stereocenters. The zero-order chi connectivity index (χ0) is 20.8. The number of anilines is 2. The molecule has 4 rings (SSSR count). The molecule has 0 saturated carbocycles. The van der Waals surface area contributed by atoms with E-state index in [1.165, 1.54) is 6.07 Å². The number of aromatic amines is 1. The van der Waals surface area contributed by atoms with Crippen molar-refractivity contribution in [2.45, 2.75) is 38.8 Å². The maximum atomic E-state index is 13.1. The normalized spacial score (nSPS) is 15.8. The van der Waals surface area contributed by atoms with Crippen LogP contribution in [0.5, 0.6) is 0 Å². The topological polar surface area (TPSA) is 75.8 Å². The molecule has 1 saturated heterocycles. The lowest BCUT2D eigenvalue weighted by Gasteiger charge is -2.33. The second-order valence-electron chi connectivity index (χ2n) is 7.50. The van der Waals surface area contributed by atoms with Crippen molar-refractivity contribution < 1.29 is 13.2 Å². The van der Waals surface area contributed by atoms with Gasteiger partial charge in [-0.1, -0.05) is 6.07 Å². The Balaban J connectivity index is 1.58. The van der Waals surface area contributed by atoms with Crippen LogP contribution in [0.2, 0.25) is 0 Å². The standard InChI is InChI=1S/C20H23F3N6/c1-12-10-17(29(27-12)16-5-3-4-15(11-16)20(21,22)23)28-8-6-14(7-9-28)18-13(2)25-19(24)26-18/h3-5,10-11,14H,6-9H2,1-2H3,(H3,24,25,26). The summed E-state index contributed by atoms with van der Waals surface area (Å²) in [5.74, 6) is 1.54. The molecule has 29 heavy (non-hydrogen) atoms. The number of aromatic nitrogens is 4. The Morgan fingerprint density at radius 2 is 1.86 bits per heavy atom. The molecule has 2 aromatic heterocycles. The Morgan fingerprint density at radius 1 is 1.14 bits per heavy atom. The molecule has 1 fully saturated rings. The lowest BCUT2D eigenvalue weighted by Crippen LogP contribution is -2.34. The van der Waals surface area contributed by atoms with E-state index in [0.29, 0.717) is 17.6 Å². The van der Waals surface area contributed by atoms with Crippen LogP contribution in [0.15, 0.2) is 30.3 Å². The SMILES string of the molecule is Cc1cc(N2CCC(c3nc(N)[nH]c3C)CC2)n(-c2cccc(C(F)(F)F)c2)n1. The predicted octanol–water partition coefficient (Wildman–Crippen LogP) is 4.20. The van der Waals surface area contributed by atoms with Crippen molar-refractivity contribution in [3.05, 3.63) is 53.0 Å². The minimum atomic E-state index is -4.39. The van der Waals surface area contributed by atoms with Crippen LogP contribution in [0.1, 0.15) is 41.4 Å². The summed E-state index contributed by atoms with van der Waals surface area (Å²) in [5, 5.41) is 4.45. The molecular formula is C20H23F3N6. The molecule has 1 aliphatic heterocycles. The monoisotopic (exact) mass is 404 g/mol. The van der Waals surface area contributed by atoms with Crippen molar-refractivity contribution in [2.75, 3.05) is 23.7 Å². The van der Waals surface area contributed by atoms with Crippen molar-refractivity contribution in [1.29, 1.82) is 0 Å². The highest BCUT2D eigenvalue weighted by Crippen LogP contribution is 2.34. The first-order chi connectivity index (χ1) is 13.7. The first-order valence-electron chi connectivity index (χ1n) is 9.53. The molecule has 3 aromatic rings. The van der Waals surface area contributed by atoms with Crippen LogP contribution in [0, 0.1) is 13.8 Å². The van der Waals surface area contributed by atoms with Gasteiger partial charge in [-0.15, -0.1) is 0 Å². The molecule has 0 radical (unpaired) electrons. The number of hydrogen-bond acceptors (Lipinski definition) is 4. The van der Waals surface area contributed by atoms with E-state index in [1.807, 2.05) is 19.9 Å². The van der Waals surface area contributed by atoms with Gasteiger partial charge in [0.25, 0.3) is 0 Å². The summed E-state index contributed by atoms with van der Waals surface area (Å²) in [5.41, 5.74) is 8.24. The molecule has 0 spiro atoms. The number of imidazole rings is 1. The molecule has 3 heterocycles. The van der Waals surface area contributed by atoms with Gasteiger partial charge in [-0.05, 0) is 44.9 Å². The van der Waals surface area contributed by atoms with Crippen molar-refractivity contribution in [1.82, 2.24) is 19.7 Å². The van der Waals surface area contributed by atoms with E-state index in [4.69, 9.17) is 5.73 Å². The number of nitrogen functional groups attached to an aromatic ring is 1. The van der Waals surface area contributed by atoms with Crippen LogP contribution in [0.4, 0.5) is 24.9 Å². The Kier molecular flexibility index (Phi) is 4.76. The molecule has 154 valence electrons. The number of nitrogens with zero attached hydrogens (tertiary/aromatic N) is 4. The first kappa shape index (κ1) is 19.4. The number of H-pyrrole nitrogens is 1. The summed E-state index contributed by atoms with van der Waals surface area (Å²) in [4.78, 5) is 9.63. The number of rotatable bonds is 3. The maximum Gasteiger partial charge on any atom is 0.416 e. The molecule has 1 aromatic carbocycles. The molecule has 9 heteroatoms. The Hall–Kier alpha value is -2.97. The van der Waals surface area contributed by atoms with Crippen LogP contribution in [0.3, 0.4) is 0 Å². The van der Waals surface area contributed by atoms with Gasteiger partial charge in [0.15, 0.2) is 5.95 Å². The lowest BCUT2D eigenvalue weighted by atomic mass is 9.92. The van der Waals surface area contributed by atoms with Gasteiger partial charge < -0.3 is 15.6 Å². The maximum absolute atomic E-state index is 13.1. The summed E-state index contributed by atoms with van der Waals surface area (Å²) >= 11 is 0. The lowest BCUT2D eigenvalue weighted by molar-refractivity contribution is -0.137. The highest BCUT2D eigenvalue weighted by Gasteiger charge is 2.31. The average molecular weight is 404 g/mol. The summed E-state index contributed by atoms with van der Waals surface area (Å²) in [7, 11) is 0. The summed E-state index contributed by atoms with van der Waals surface area (Å²) < 4.78 is 41.0. The van der Waals surface area contributed by atoms with Gasteiger partial charge in [0.2, 0.25) is 0 Å². The van der Waals surface area contributed by atoms with Gasteiger partial charge >= 0.3 is 6.18 Å². The smallest absolute Gasteiger partial charge is 0.369 e. The van der Waals surface area contributed by atoms with Crippen LogP contribution >= 0.6 is 0 Å². The second kappa shape index (κ2) is 7.13. The minimum absolute atomic E-state index is 0.311. The number of hydrogen-bond donors (Lipinski definition) is 2. The van der Waals surface area contributed by atoms with Gasteiger partial charge in [-0.25, -0.2) is 9.67 Å². The minimum Gasteiger partial charge on any atom is -0.369 e. The van der Waals surface area contributed by atoms with Crippen LogP contribution in [-0.2, 0) is 6.18 Å². The largest absolute Gasteiger partial charge is 0.416 e. The third kappa shape index (κ3) is 3.81. The van der Waals surface area contributed by atoms with E-state index in [2.05, 4.69) is 20.0 Å². The van der Waals surface area contributed by atoms with Crippen LogP contribution in [0.25, 0.3) is 5.69 Å². The fourth-order valence-electron chi connectivity index (χ4n) is 3.99. The van der Waals surface area contributed by atoms with E-state index in [1.54, 1.807) is 10.7 Å². The first-order valence-corrected chi connectivity index (χ1v) is 9.53. The fourth-order valence-corrected chi connectivity index (χ4v) is 3.99. The summed E-state index contributed by atoms with van der Waals surface area (Å²) in [6.45, 7) is 5.34. The average Bonchev–Trinajstić information content (AvgIpc) is 3.23. The molecule has 0 unspecified atom stereocenters. The molecule has 6 nitrogen and oxygen atoms in total. The third-order valence-electron chi connectivity index (χ3n) is 5.38. The van der Waals surface area contributed by atoms with Gasteiger partial charge in [0.1, 0.15) is 5.82 Å². The Morgan fingerprint density at radius 3 is 2.48 bits per heavy atom. The van der Waals surface area contributed by atoms with E-state index >= 15 is 0 Å². The highest BCUT2D eigenvalue weighted by molar-refractivity contribution is 5.50. The molecule has 0 aliphatic carbocycles. The number of nitrogens with one attached hydrogen (secondary N) is 1. The fraction of sp³-hybridized carbons (Fsp3) is 0.400. The number of nitrogens with two attached hydrogens (primary N) is 1. The van der Waals surface area contributed by atoms with Crippen LogP contribution in [-0.4, -0.2) is 32.8 Å². The third-order valence-corrected chi connectivity index (χ3v) is 5.38. The van der Waals surface area contributed by atoms with E-state index in [0.717, 1.165) is 61.0 Å².